The lowest BCUT2D eigenvalue weighted by molar-refractivity contribution is -0.332. The minimum absolute atomic E-state index is 0.00404. The molecule has 104 valence electrons. The van der Waals surface area contributed by atoms with Crippen LogP contribution in [0.15, 0.2) is 0 Å². The Balaban J connectivity index is 3.58. The second kappa shape index (κ2) is 9.44. The molecule has 0 aliphatic heterocycles. The molecule has 0 aliphatic carbocycles. The largest absolute Gasteiger partial charge is 0.549 e. The van der Waals surface area contributed by atoms with Crippen molar-refractivity contribution < 1.29 is 29.3 Å². The van der Waals surface area contributed by atoms with E-state index in [-0.39, 0.29) is 12.4 Å². The van der Waals surface area contributed by atoms with Crippen LogP contribution in [0.3, 0.4) is 0 Å². The highest BCUT2D eigenvalue weighted by molar-refractivity contribution is 5.90. The zero-order valence-corrected chi connectivity index (χ0v) is 10.5. The summed E-state index contributed by atoms with van der Waals surface area (Å²) in [6, 6.07) is 0. The first-order valence-corrected chi connectivity index (χ1v) is 6.06. The van der Waals surface area contributed by atoms with Gasteiger partial charge in [-0.15, -0.1) is 0 Å². The second-order valence-electron chi connectivity index (χ2n) is 3.95. The SMILES string of the molecule is CCOC(=O)CCCCCCC(C(=O)[O-])C(=O)[O-]. The minimum Gasteiger partial charge on any atom is -0.549 e. The number of esters is 1. The van der Waals surface area contributed by atoms with Crippen molar-refractivity contribution in [2.75, 3.05) is 6.61 Å². The van der Waals surface area contributed by atoms with Crippen molar-refractivity contribution in [2.45, 2.75) is 45.4 Å². The molecule has 0 aromatic carbocycles. The normalized spacial score (nSPS) is 10.3. The third-order valence-corrected chi connectivity index (χ3v) is 2.50. The fraction of sp³-hybridized carbons (Fsp3) is 0.750. The van der Waals surface area contributed by atoms with Gasteiger partial charge in [0.2, 0.25) is 0 Å². The van der Waals surface area contributed by atoms with Gasteiger partial charge in [0.25, 0.3) is 0 Å². The summed E-state index contributed by atoms with van der Waals surface area (Å²) in [5, 5.41) is 20.9. The van der Waals surface area contributed by atoms with E-state index in [1.807, 2.05) is 0 Å². The van der Waals surface area contributed by atoms with E-state index < -0.39 is 17.9 Å². The summed E-state index contributed by atoms with van der Waals surface area (Å²) in [5.74, 6) is -5.02. The molecule has 6 nitrogen and oxygen atoms in total. The highest BCUT2D eigenvalue weighted by Gasteiger charge is 2.10. The van der Waals surface area contributed by atoms with Crippen molar-refractivity contribution in [1.82, 2.24) is 0 Å². The highest BCUT2D eigenvalue weighted by atomic mass is 16.5. The summed E-state index contributed by atoms with van der Waals surface area (Å²) in [7, 11) is 0. The minimum atomic E-state index is -1.61. The lowest BCUT2D eigenvalue weighted by Crippen LogP contribution is -2.43. The number of carbonyl (C=O) groups excluding carboxylic acids is 3. The summed E-state index contributed by atoms with van der Waals surface area (Å²) in [5.41, 5.74) is 0. The van der Waals surface area contributed by atoms with Gasteiger partial charge in [-0.25, -0.2) is 0 Å². The third kappa shape index (κ3) is 7.65. The van der Waals surface area contributed by atoms with Gasteiger partial charge in [0.15, 0.2) is 0 Å². The summed E-state index contributed by atoms with van der Waals surface area (Å²) in [6.45, 7) is 2.09. The van der Waals surface area contributed by atoms with Gasteiger partial charge in [-0.1, -0.05) is 19.3 Å². The number of carboxylic acids is 2. The van der Waals surface area contributed by atoms with Crippen LogP contribution in [0, 0.1) is 5.92 Å². The van der Waals surface area contributed by atoms with Gasteiger partial charge < -0.3 is 24.5 Å². The Kier molecular flexibility index (Phi) is 8.61. The molecule has 0 amide bonds. The van der Waals surface area contributed by atoms with Crippen LogP contribution in [0.25, 0.3) is 0 Å². The number of carbonyl (C=O) groups is 3. The number of hydrogen-bond donors (Lipinski definition) is 0. The van der Waals surface area contributed by atoms with Crippen LogP contribution in [-0.2, 0) is 19.1 Å². The zero-order valence-electron chi connectivity index (χ0n) is 10.5. The van der Waals surface area contributed by atoms with E-state index in [2.05, 4.69) is 0 Å². The average molecular weight is 258 g/mol. The van der Waals surface area contributed by atoms with Crippen LogP contribution in [-0.4, -0.2) is 24.5 Å². The first kappa shape index (κ1) is 16.4. The lowest BCUT2D eigenvalue weighted by atomic mass is 10.0. The summed E-state index contributed by atoms with van der Waals surface area (Å²) >= 11 is 0. The molecule has 0 aliphatic rings. The molecular formula is C12H18O6-2. The standard InChI is InChI=1S/C12H20O6/c1-2-18-10(13)8-6-4-3-5-7-9(11(14)15)12(16)17/h9H,2-8H2,1H3,(H,14,15)(H,16,17)/p-2. The molecule has 0 spiro atoms. The van der Waals surface area contributed by atoms with Crippen LogP contribution in [0.1, 0.15) is 45.4 Å². The summed E-state index contributed by atoms with van der Waals surface area (Å²) in [6.07, 6.45) is 2.83. The van der Waals surface area contributed by atoms with E-state index in [0.717, 1.165) is 6.42 Å². The first-order chi connectivity index (χ1) is 8.49. The quantitative estimate of drug-likeness (QED) is 0.283. The predicted molar refractivity (Wildman–Crippen MR) is 57.8 cm³/mol. The molecule has 0 saturated carbocycles. The van der Waals surface area contributed by atoms with E-state index in [4.69, 9.17) is 4.74 Å². The second-order valence-corrected chi connectivity index (χ2v) is 3.95. The zero-order chi connectivity index (χ0) is 14.0. The molecule has 0 unspecified atom stereocenters. The Morgan fingerprint density at radius 1 is 1.00 bits per heavy atom. The van der Waals surface area contributed by atoms with Crippen molar-refractivity contribution in [3.05, 3.63) is 0 Å². The molecule has 0 aromatic heterocycles. The molecule has 18 heavy (non-hydrogen) atoms. The van der Waals surface area contributed by atoms with E-state index >= 15 is 0 Å². The molecule has 0 heterocycles. The van der Waals surface area contributed by atoms with Crippen molar-refractivity contribution in [3.63, 3.8) is 0 Å². The Morgan fingerprint density at radius 2 is 1.56 bits per heavy atom. The van der Waals surface area contributed by atoms with Crippen LogP contribution < -0.4 is 10.2 Å². The van der Waals surface area contributed by atoms with E-state index in [1.54, 1.807) is 6.92 Å². The molecule has 0 bridgehead atoms. The van der Waals surface area contributed by atoms with Gasteiger partial charge in [-0.2, -0.15) is 0 Å². The maximum Gasteiger partial charge on any atom is 0.305 e. The van der Waals surface area contributed by atoms with Gasteiger partial charge in [-0.05, 0) is 19.8 Å². The van der Waals surface area contributed by atoms with Gasteiger partial charge in [0.1, 0.15) is 0 Å². The Hall–Kier alpha value is -1.59. The monoisotopic (exact) mass is 258 g/mol. The van der Waals surface area contributed by atoms with Gasteiger partial charge in [0.05, 0.1) is 18.5 Å². The molecule has 0 radical (unpaired) electrons. The van der Waals surface area contributed by atoms with E-state index in [1.165, 1.54) is 0 Å². The number of unbranched alkanes of at least 4 members (excludes halogenated alkanes) is 3. The van der Waals surface area contributed by atoms with Crippen molar-refractivity contribution in [1.29, 1.82) is 0 Å². The van der Waals surface area contributed by atoms with Crippen LogP contribution in [0.4, 0.5) is 0 Å². The number of rotatable bonds is 10. The van der Waals surface area contributed by atoms with Crippen LogP contribution in [0.2, 0.25) is 0 Å². The summed E-state index contributed by atoms with van der Waals surface area (Å²) < 4.78 is 4.74. The predicted octanol–water partition coefficient (Wildman–Crippen LogP) is -0.994. The molecule has 0 aromatic rings. The van der Waals surface area contributed by atoms with Crippen molar-refractivity contribution >= 4 is 17.9 Å². The van der Waals surface area contributed by atoms with Crippen molar-refractivity contribution in [2.24, 2.45) is 5.92 Å². The van der Waals surface area contributed by atoms with E-state index in [0.29, 0.717) is 32.3 Å². The fourth-order valence-corrected chi connectivity index (χ4v) is 1.54. The average Bonchev–Trinajstić information content (AvgIpc) is 2.27. The molecule has 0 atom stereocenters. The molecular weight excluding hydrogens is 240 g/mol. The van der Waals surface area contributed by atoms with Crippen LogP contribution >= 0.6 is 0 Å². The Bertz CT molecular complexity index is 272. The maximum atomic E-state index is 11.0. The number of ether oxygens (including phenoxy) is 1. The number of carboxylic acid groups (broad SMARTS) is 2. The van der Waals surface area contributed by atoms with Gasteiger partial charge >= 0.3 is 5.97 Å². The van der Waals surface area contributed by atoms with Crippen molar-refractivity contribution in [3.8, 4) is 0 Å². The lowest BCUT2D eigenvalue weighted by Gasteiger charge is -2.18. The molecule has 6 heteroatoms. The molecule has 0 N–H and O–H groups in total. The first-order valence-electron chi connectivity index (χ1n) is 6.06. The molecule has 0 saturated heterocycles. The molecule has 0 fully saturated rings. The van der Waals surface area contributed by atoms with Gasteiger partial charge in [0, 0.05) is 12.3 Å². The topological polar surface area (TPSA) is 107 Å². The summed E-state index contributed by atoms with van der Waals surface area (Å²) in [4.78, 5) is 31.8. The van der Waals surface area contributed by atoms with Crippen LogP contribution in [0.5, 0.6) is 0 Å². The number of aliphatic carboxylic acids is 2. The molecule has 0 rings (SSSR count). The van der Waals surface area contributed by atoms with Gasteiger partial charge in [-0.3, -0.25) is 4.79 Å². The fourth-order valence-electron chi connectivity index (χ4n) is 1.54. The smallest absolute Gasteiger partial charge is 0.305 e. The maximum absolute atomic E-state index is 11.0. The third-order valence-electron chi connectivity index (χ3n) is 2.50. The Labute approximate surface area is 106 Å². The highest BCUT2D eigenvalue weighted by Crippen LogP contribution is 2.11. The van der Waals surface area contributed by atoms with E-state index in [9.17, 15) is 24.6 Å². The number of hydrogen-bond acceptors (Lipinski definition) is 6. The Morgan fingerprint density at radius 3 is 2.06 bits per heavy atom.